The molecule has 1 aromatic rings. The summed E-state index contributed by atoms with van der Waals surface area (Å²) in [5.74, 6) is 2.73. The van der Waals surface area contributed by atoms with Crippen LogP contribution in [0.4, 0.5) is 5.82 Å². The number of aromatic nitrogens is 2. The first-order valence-corrected chi connectivity index (χ1v) is 7.25. The van der Waals surface area contributed by atoms with E-state index in [0.717, 1.165) is 17.6 Å². The number of rotatable bonds is 4. The van der Waals surface area contributed by atoms with Crippen LogP contribution >= 0.6 is 11.6 Å². The molecule has 1 unspecified atom stereocenters. The molecule has 0 saturated heterocycles. The average molecular weight is 268 g/mol. The molecule has 1 heterocycles. The van der Waals surface area contributed by atoms with Crippen molar-refractivity contribution in [2.45, 2.75) is 58.4 Å². The molecule has 18 heavy (non-hydrogen) atoms. The van der Waals surface area contributed by atoms with E-state index in [4.69, 9.17) is 11.6 Å². The minimum Gasteiger partial charge on any atom is -0.367 e. The molecule has 100 valence electrons. The van der Waals surface area contributed by atoms with Gasteiger partial charge in [-0.15, -0.1) is 0 Å². The Morgan fingerprint density at radius 3 is 2.50 bits per heavy atom. The molecule has 0 radical (unpaired) electrons. The lowest BCUT2D eigenvalue weighted by Crippen LogP contribution is -2.24. The van der Waals surface area contributed by atoms with Crippen LogP contribution in [0.1, 0.15) is 58.2 Å². The van der Waals surface area contributed by atoms with Crippen LogP contribution in [0.5, 0.6) is 0 Å². The van der Waals surface area contributed by atoms with E-state index < -0.39 is 0 Å². The molecule has 0 bridgehead atoms. The van der Waals surface area contributed by atoms with E-state index in [-0.39, 0.29) is 0 Å². The van der Waals surface area contributed by atoms with E-state index in [1.54, 1.807) is 0 Å². The maximum Gasteiger partial charge on any atom is 0.135 e. The third-order valence-corrected chi connectivity index (χ3v) is 3.90. The fourth-order valence-corrected chi connectivity index (χ4v) is 2.77. The summed E-state index contributed by atoms with van der Waals surface area (Å²) in [6, 6.07) is 2.28. The van der Waals surface area contributed by atoms with E-state index in [1.807, 2.05) is 6.07 Å². The molecule has 4 heteroatoms. The first kappa shape index (κ1) is 13.6. The van der Waals surface area contributed by atoms with Gasteiger partial charge in [-0.1, -0.05) is 38.3 Å². The molecule has 3 nitrogen and oxygen atoms in total. The standard InChI is InChI=1S/C14H22ClN3/c1-9(2)14-17-12(15)8-13(18-14)16-10(3)11-6-4-5-7-11/h8-11H,4-7H2,1-3H3,(H,16,17,18). The molecular formula is C14H22ClN3. The van der Waals surface area contributed by atoms with Crippen LogP contribution in [-0.2, 0) is 0 Å². The van der Waals surface area contributed by atoms with Crippen molar-refractivity contribution in [1.29, 1.82) is 0 Å². The molecule has 1 saturated carbocycles. The molecule has 0 aromatic carbocycles. The lowest BCUT2D eigenvalue weighted by Gasteiger charge is -2.21. The molecule has 1 atom stereocenters. The van der Waals surface area contributed by atoms with Crippen molar-refractivity contribution in [3.8, 4) is 0 Å². The molecule has 1 aromatic heterocycles. The normalized spacial score (nSPS) is 18.3. The smallest absolute Gasteiger partial charge is 0.135 e. The Bertz CT molecular complexity index is 400. The monoisotopic (exact) mass is 267 g/mol. The topological polar surface area (TPSA) is 37.8 Å². The van der Waals surface area contributed by atoms with Crippen molar-refractivity contribution in [1.82, 2.24) is 9.97 Å². The second kappa shape index (κ2) is 5.87. The van der Waals surface area contributed by atoms with Gasteiger partial charge in [-0.05, 0) is 25.7 Å². The van der Waals surface area contributed by atoms with Gasteiger partial charge >= 0.3 is 0 Å². The zero-order chi connectivity index (χ0) is 13.1. The van der Waals surface area contributed by atoms with Gasteiger partial charge in [0.15, 0.2) is 0 Å². The van der Waals surface area contributed by atoms with Crippen molar-refractivity contribution in [2.75, 3.05) is 5.32 Å². The van der Waals surface area contributed by atoms with Crippen LogP contribution in [0.3, 0.4) is 0 Å². The number of hydrogen-bond donors (Lipinski definition) is 1. The van der Waals surface area contributed by atoms with Crippen LogP contribution in [0, 0.1) is 5.92 Å². The highest BCUT2D eigenvalue weighted by atomic mass is 35.5. The van der Waals surface area contributed by atoms with E-state index in [0.29, 0.717) is 17.1 Å². The lowest BCUT2D eigenvalue weighted by atomic mass is 10.00. The highest BCUT2D eigenvalue weighted by Crippen LogP contribution is 2.29. The molecule has 1 N–H and O–H groups in total. The summed E-state index contributed by atoms with van der Waals surface area (Å²) in [6.07, 6.45) is 5.37. The highest BCUT2D eigenvalue weighted by Gasteiger charge is 2.22. The second-order valence-electron chi connectivity index (χ2n) is 5.57. The van der Waals surface area contributed by atoms with Gasteiger partial charge in [-0.25, -0.2) is 9.97 Å². The average Bonchev–Trinajstić information content (AvgIpc) is 2.81. The van der Waals surface area contributed by atoms with Gasteiger partial charge in [0.2, 0.25) is 0 Å². The fraction of sp³-hybridized carbons (Fsp3) is 0.714. The Hall–Kier alpha value is -0.830. The van der Waals surface area contributed by atoms with Gasteiger partial charge in [-0.2, -0.15) is 0 Å². The van der Waals surface area contributed by atoms with Crippen molar-refractivity contribution >= 4 is 17.4 Å². The number of nitrogens with one attached hydrogen (secondary N) is 1. The van der Waals surface area contributed by atoms with Gasteiger partial charge in [0.05, 0.1) is 0 Å². The van der Waals surface area contributed by atoms with E-state index >= 15 is 0 Å². The fourth-order valence-electron chi connectivity index (χ4n) is 2.58. The van der Waals surface area contributed by atoms with E-state index in [9.17, 15) is 0 Å². The van der Waals surface area contributed by atoms with Crippen molar-refractivity contribution in [3.63, 3.8) is 0 Å². The van der Waals surface area contributed by atoms with Gasteiger partial charge in [-0.3, -0.25) is 0 Å². The van der Waals surface area contributed by atoms with Crippen LogP contribution in [-0.4, -0.2) is 16.0 Å². The van der Waals surface area contributed by atoms with Gasteiger partial charge in [0, 0.05) is 18.0 Å². The number of nitrogens with zero attached hydrogens (tertiary/aromatic N) is 2. The van der Waals surface area contributed by atoms with Crippen LogP contribution in [0.15, 0.2) is 6.07 Å². The Kier molecular flexibility index (Phi) is 4.44. The first-order valence-electron chi connectivity index (χ1n) is 6.87. The number of hydrogen-bond acceptors (Lipinski definition) is 3. The van der Waals surface area contributed by atoms with Crippen LogP contribution in [0.25, 0.3) is 0 Å². The van der Waals surface area contributed by atoms with Gasteiger partial charge in [0.1, 0.15) is 16.8 Å². The van der Waals surface area contributed by atoms with Crippen LogP contribution in [0.2, 0.25) is 5.15 Å². The maximum atomic E-state index is 6.05. The Balaban J connectivity index is 2.08. The number of halogens is 1. The summed E-state index contributed by atoms with van der Waals surface area (Å²) in [6.45, 7) is 6.40. The largest absolute Gasteiger partial charge is 0.367 e. The summed E-state index contributed by atoms with van der Waals surface area (Å²) in [7, 11) is 0. The molecule has 2 rings (SSSR count). The zero-order valence-corrected chi connectivity index (χ0v) is 12.2. The van der Waals surface area contributed by atoms with Crippen molar-refractivity contribution in [3.05, 3.63) is 17.0 Å². The SMILES string of the molecule is CC(C)c1nc(Cl)cc(NC(C)C2CCCC2)n1. The third-order valence-electron chi connectivity index (χ3n) is 3.71. The minimum atomic E-state index is 0.297. The Morgan fingerprint density at radius 2 is 1.89 bits per heavy atom. The predicted molar refractivity (Wildman–Crippen MR) is 76.2 cm³/mol. The molecule has 0 amide bonds. The third kappa shape index (κ3) is 3.35. The summed E-state index contributed by atoms with van der Waals surface area (Å²) >= 11 is 6.05. The molecule has 0 spiro atoms. The van der Waals surface area contributed by atoms with Gasteiger partial charge < -0.3 is 5.32 Å². The Labute approximate surface area is 114 Å². The van der Waals surface area contributed by atoms with E-state index in [1.165, 1.54) is 25.7 Å². The van der Waals surface area contributed by atoms with Gasteiger partial charge in [0.25, 0.3) is 0 Å². The van der Waals surface area contributed by atoms with Crippen LogP contribution < -0.4 is 5.32 Å². The maximum absolute atomic E-state index is 6.05. The molecular weight excluding hydrogens is 246 g/mol. The lowest BCUT2D eigenvalue weighted by molar-refractivity contribution is 0.481. The molecule has 1 aliphatic rings. The molecule has 1 fully saturated rings. The molecule has 1 aliphatic carbocycles. The number of anilines is 1. The molecule has 0 aliphatic heterocycles. The first-order chi connectivity index (χ1) is 8.56. The summed E-state index contributed by atoms with van der Waals surface area (Å²) in [5, 5.41) is 4.01. The Morgan fingerprint density at radius 1 is 1.22 bits per heavy atom. The minimum absolute atomic E-state index is 0.297. The van der Waals surface area contributed by atoms with Crippen molar-refractivity contribution in [2.24, 2.45) is 5.92 Å². The second-order valence-corrected chi connectivity index (χ2v) is 5.95. The van der Waals surface area contributed by atoms with Crippen molar-refractivity contribution < 1.29 is 0 Å². The predicted octanol–water partition coefficient (Wildman–Crippen LogP) is 4.24. The quantitative estimate of drug-likeness (QED) is 0.829. The zero-order valence-electron chi connectivity index (χ0n) is 11.4. The van der Waals surface area contributed by atoms with E-state index in [2.05, 4.69) is 36.1 Å². The summed E-state index contributed by atoms with van der Waals surface area (Å²) in [5.41, 5.74) is 0. The summed E-state index contributed by atoms with van der Waals surface area (Å²) < 4.78 is 0. The highest BCUT2D eigenvalue weighted by molar-refractivity contribution is 6.29. The summed E-state index contributed by atoms with van der Waals surface area (Å²) in [4.78, 5) is 8.79.